The molecule has 1 aliphatic rings. The number of hydrogen-bond acceptors (Lipinski definition) is 9. The van der Waals surface area contributed by atoms with Gasteiger partial charge in [0.05, 0.1) is 31.5 Å². The van der Waals surface area contributed by atoms with Crippen molar-refractivity contribution < 1.29 is 55.6 Å². The normalized spacial score (nSPS) is 17.9. The van der Waals surface area contributed by atoms with E-state index in [2.05, 4.69) is 9.97 Å². The quantitative estimate of drug-likeness (QED) is 0.266. The lowest BCUT2D eigenvalue weighted by atomic mass is 9.89. The summed E-state index contributed by atoms with van der Waals surface area (Å²) in [5, 5.41) is 22.0. The predicted molar refractivity (Wildman–Crippen MR) is 137 cm³/mol. The number of nitrogens with one attached hydrogen (secondary N) is 1. The van der Waals surface area contributed by atoms with Crippen molar-refractivity contribution in [3.63, 3.8) is 0 Å². The van der Waals surface area contributed by atoms with E-state index >= 15 is 0 Å². The third kappa shape index (κ3) is 6.30. The molecular weight excluding hydrogens is 590 g/mol. The number of halogens is 6. The Morgan fingerprint density at radius 3 is 2.42 bits per heavy atom. The molecule has 3 aromatic rings. The van der Waals surface area contributed by atoms with Crippen LogP contribution in [0.5, 0.6) is 17.2 Å². The van der Waals surface area contributed by atoms with Gasteiger partial charge in [-0.3, -0.25) is 9.78 Å². The molecule has 0 fully saturated rings. The van der Waals surface area contributed by atoms with Crippen LogP contribution in [0.4, 0.5) is 26.3 Å². The zero-order valence-corrected chi connectivity index (χ0v) is 22.6. The van der Waals surface area contributed by atoms with E-state index in [4.69, 9.17) is 25.1 Å². The minimum Gasteiger partial charge on any atom is -0.493 e. The summed E-state index contributed by atoms with van der Waals surface area (Å²) in [7, 11) is 1.27. The summed E-state index contributed by atoms with van der Waals surface area (Å²) in [4.78, 5) is 20.1. The molecule has 16 heteroatoms. The molecule has 2 atom stereocenters. The van der Waals surface area contributed by atoms with Crippen LogP contribution in [-0.2, 0) is 17.3 Å². The molecule has 3 heterocycles. The summed E-state index contributed by atoms with van der Waals surface area (Å²) in [6, 6.07) is 6.20. The van der Waals surface area contributed by atoms with Gasteiger partial charge in [-0.2, -0.15) is 26.3 Å². The second-order valence-corrected chi connectivity index (χ2v) is 9.85. The lowest BCUT2D eigenvalue weighted by Crippen LogP contribution is -2.51. The highest BCUT2D eigenvalue weighted by Crippen LogP contribution is 2.46. The number of ether oxygens (including phenoxy) is 3. The topological polar surface area (TPSA) is 149 Å². The average Bonchev–Trinajstić information content (AvgIpc) is 3.27. The van der Waals surface area contributed by atoms with E-state index in [1.54, 1.807) is 0 Å². The number of fused-ring (bicyclic) bond motifs is 1. The molecule has 1 amide bonds. The fraction of sp³-hybridized carbons (Fsp3) is 0.370. The molecule has 10 nitrogen and oxygen atoms in total. The first-order chi connectivity index (χ1) is 20.0. The molecule has 0 spiro atoms. The highest BCUT2D eigenvalue weighted by molar-refractivity contribution is 5.95. The highest BCUT2D eigenvalue weighted by Gasteiger charge is 2.57. The molecule has 1 aromatic carbocycles. The molecule has 5 N–H and O–H groups in total. The monoisotopic (exact) mass is 616 g/mol. The zero-order valence-electron chi connectivity index (χ0n) is 22.6. The summed E-state index contributed by atoms with van der Waals surface area (Å²) >= 11 is 0. The SMILES string of the molecule is COc1cc(C(=O)NCC(O)(c2cc3c(c(-c4ccc(C(F)(F)F)nc4)n2)OCC3(C)N)C(F)(F)F)ccc1OCCO. The number of nitrogens with two attached hydrogens (primary N) is 1. The van der Waals surface area contributed by atoms with E-state index in [1.165, 1.54) is 32.2 Å². The molecule has 43 heavy (non-hydrogen) atoms. The lowest BCUT2D eigenvalue weighted by Gasteiger charge is -2.31. The van der Waals surface area contributed by atoms with E-state index in [1.807, 2.05) is 5.32 Å². The van der Waals surface area contributed by atoms with Crippen LogP contribution in [0.2, 0.25) is 0 Å². The van der Waals surface area contributed by atoms with Gasteiger partial charge in [-0.25, -0.2) is 4.98 Å². The average molecular weight is 617 g/mol. The summed E-state index contributed by atoms with van der Waals surface area (Å²) in [5.41, 5.74) is -1.74. The molecule has 4 rings (SSSR count). The van der Waals surface area contributed by atoms with Crippen molar-refractivity contribution in [2.45, 2.75) is 30.4 Å². The van der Waals surface area contributed by atoms with Crippen LogP contribution in [0.15, 0.2) is 42.6 Å². The highest BCUT2D eigenvalue weighted by atomic mass is 19.4. The maximum atomic E-state index is 14.5. The number of hydrogen-bond donors (Lipinski definition) is 4. The Hall–Kier alpha value is -4.15. The Kier molecular flexibility index (Phi) is 8.50. The Balaban J connectivity index is 1.73. The molecule has 0 radical (unpaired) electrons. The number of rotatable bonds is 9. The molecule has 0 aliphatic carbocycles. The van der Waals surface area contributed by atoms with Crippen LogP contribution in [0.1, 0.15) is 34.2 Å². The maximum absolute atomic E-state index is 14.5. The van der Waals surface area contributed by atoms with Gasteiger partial charge in [0, 0.05) is 22.9 Å². The standard InChI is InChI=1S/C27H26F6N4O6/c1-24(34)13-43-22-16(24)10-20(37-21(22)15-4-6-19(35-11-15)26(28,29)30)25(40,27(31,32)33)12-36-23(39)14-3-5-17(42-8-7-38)18(9-14)41-2/h3-6,9-11,38,40H,7-8,12-13,34H2,1-2H3,(H,36,39). The van der Waals surface area contributed by atoms with Crippen molar-refractivity contribution in [1.29, 1.82) is 0 Å². The van der Waals surface area contributed by atoms with Crippen LogP contribution in [-0.4, -0.2) is 65.7 Å². The number of carbonyl (C=O) groups excluding carboxylic acids is 1. The van der Waals surface area contributed by atoms with Gasteiger partial charge < -0.3 is 35.5 Å². The van der Waals surface area contributed by atoms with E-state index < -0.39 is 47.3 Å². The second-order valence-electron chi connectivity index (χ2n) is 9.85. The predicted octanol–water partition coefficient (Wildman–Crippen LogP) is 3.29. The van der Waals surface area contributed by atoms with Gasteiger partial charge in [-0.15, -0.1) is 0 Å². The fourth-order valence-corrected chi connectivity index (χ4v) is 4.24. The van der Waals surface area contributed by atoms with E-state index in [0.29, 0.717) is 6.07 Å². The molecule has 0 saturated heterocycles. The number of aliphatic hydroxyl groups is 2. The molecule has 1 aliphatic heterocycles. The molecule has 0 saturated carbocycles. The number of methoxy groups -OCH3 is 1. The second kappa shape index (κ2) is 11.5. The van der Waals surface area contributed by atoms with E-state index in [9.17, 15) is 36.2 Å². The van der Waals surface area contributed by atoms with Crippen molar-refractivity contribution in [2.75, 3.05) is 33.5 Å². The Bertz CT molecular complexity index is 1500. The first-order valence-electron chi connectivity index (χ1n) is 12.5. The summed E-state index contributed by atoms with van der Waals surface area (Å²) in [6.45, 7) is -0.530. The molecule has 0 bridgehead atoms. The largest absolute Gasteiger partial charge is 0.493 e. The molecule has 2 unspecified atom stereocenters. The van der Waals surface area contributed by atoms with Gasteiger partial charge in [0.1, 0.15) is 24.6 Å². The summed E-state index contributed by atoms with van der Waals surface area (Å²) in [6.07, 6.45) is -9.41. The van der Waals surface area contributed by atoms with Crippen molar-refractivity contribution >= 4 is 5.91 Å². The van der Waals surface area contributed by atoms with Crippen molar-refractivity contribution in [2.24, 2.45) is 5.73 Å². The van der Waals surface area contributed by atoms with Crippen LogP contribution >= 0.6 is 0 Å². The first kappa shape index (κ1) is 31.8. The maximum Gasteiger partial charge on any atom is 0.433 e. The molecular formula is C27H26F6N4O6. The van der Waals surface area contributed by atoms with Crippen LogP contribution < -0.4 is 25.3 Å². The first-order valence-corrected chi connectivity index (χ1v) is 12.5. The van der Waals surface area contributed by atoms with Crippen LogP contribution in [0.25, 0.3) is 11.3 Å². The summed E-state index contributed by atoms with van der Waals surface area (Å²) < 4.78 is 98.6. The summed E-state index contributed by atoms with van der Waals surface area (Å²) in [5.74, 6) is -0.876. The number of carbonyl (C=O) groups is 1. The van der Waals surface area contributed by atoms with Crippen molar-refractivity contribution in [1.82, 2.24) is 15.3 Å². The number of amides is 1. The van der Waals surface area contributed by atoms with Crippen LogP contribution in [0, 0.1) is 0 Å². The van der Waals surface area contributed by atoms with Gasteiger partial charge in [0.15, 0.2) is 17.2 Å². The number of aliphatic hydroxyl groups excluding tert-OH is 1. The molecule has 2 aromatic heterocycles. The zero-order chi connectivity index (χ0) is 31.8. The number of aromatic nitrogens is 2. The molecule has 232 valence electrons. The Labute approximate surface area is 240 Å². The number of benzene rings is 1. The number of nitrogens with zero attached hydrogens (tertiary/aromatic N) is 2. The fourth-order valence-electron chi connectivity index (χ4n) is 4.24. The van der Waals surface area contributed by atoms with Crippen molar-refractivity contribution in [3.05, 3.63) is 65.1 Å². The number of pyridine rings is 2. The van der Waals surface area contributed by atoms with Gasteiger partial charge in [0.2, 0.25) is 5.60 Å². The Morgan fingerprint density at radius 1 is 1.12 bits per heavy atom. The van der Waals surface area contributed by atoms with E-state index in [-0.39, 0.29) is 59.5 Å². The van der Waals surface area contributed by atoms with Gasteiger partial charge >= 0.3 is 12.4 Å². The third-order valence-electron chi connectivity index (χ3n) is 6.60. The van der Waals surface area contributed by atoms with Crippen LogP contribution in [0.3, 0.4) is 0 Å². The van der Waals surface area contributed by atoms with E-state index in [0.717, 1.165) is 18.3 Å². The Morgan fingerprint density at radius 2 is 1.84 bits per heavy atom. The van der Waals surface area contributed by atoms with Gasteiger partial charge in [-0.1, -0.05) is 0 Å². The van der Waals surface area contributed by atoms with Gasteiger partial charge in [-0.05, 0) is 43.3 Å². The van der Waals surface area contributed by atoms with Crippen molar-refractivity contribution in [3.8, 4) is 28.5 Å². The smallest absolute Gasteiger partial charge is 0.433 e. The minimum atomic E-state index is -5.40. The lowest BCUT2D eigenvalue weighted by molar-refractivity contribution is -0.265. The number of alkyl halides is 6. The minimum absolute atomic E-state index is 0.00426. The van der Waals surface area contributed by atoms with Gasteiger partial charge in [0.25, 0.3) is 5.91 Å². The third-order valence-corrected chi connectivity index (χ3v) is 6.60.